The number of nitrogens with two attached hydrogens (primary N) is 1. The van der Waals surface area contributed by atoms with Gasteiger partial charge in [-0.1, -0.05) is 12.1 Å². The van der Waals surface area contributed by atoms with Crippen LogP contribution < -0.4 is 11.2 Å². The van der Waals surface area contributed by atoms with Crippen molar-refractivity contribution in [2.45, 2.75) is 25.7 Å². The van der Waals surface area contributed by atoms with E-state index in [0.29, 0.717) is 22.5 Å². The summed E-state index contributed by atoms with van der Waals surface area (Å²) in [6.45, 7) is 0. The van der Waals surface area contributed by atoms with E-state index in [1.807, 2.05) is 12.1 Å². The van der Waals surface area contributed by atoms with E-state index in [4.69, 9.17) is 21.3 Å². The Labute approximate surface area is 155 Å². The van der Waals surface area contributed by atoms with Gasteiger partial charge in [0.15, 0.2) is 5.65 Å². The number of hydroxylamine groups is 1. The maximum Gasteiger partial charge on any atom is 0.274 e. The highest BCUT2D eigenvalue weighted by atomic mass is 16.5. The van der Waals surface area contributed by atoms with E-state index in [-0.39, 0.29) is 0 Å². The number of nitrogens with one attached hydrogen (secondary N) is 2. The standard InChI is InChI=1S/C20H19N5O2/c21-9-15-16(22)10-23-19-17(15)13-3-1-2-4-14(13)18(24-19)11-5-7-12(8-6-11)20(26)25-27/h5-10,21,27H,1-4,22H2,(H,25,26). The molecule has 1 amide bonds. The lowest BCUT2D eigenvalue weighted by molar-refractivity contribution is 0.0706. The van der Waals surface area contributed by atoms with Crippen LogP contribution in [-0.2, 0) is 12.8 Å². The molecule has 0 radical (unpaired) electrons. The van der Waals surface area contributed by atoms with Crippen LogP contribution >= 0.6 is 0 Å². The van der Waals surface area contributed by atoms with Crippen molar-refractivity contribution in [1.29, 1.82) is 5.41 Å². The Kier molecular flexibility index (Phi) is 4.29. The summed E-state index contributed by atoms with van der Waals surface area (Å²) in [5.74, 6) is -0.553. The van der Waals surface area contributed by atoms with Gasteiger partial charge < -0.3 is 11.1 Å². The summed E-state index contributed by atoms with van der Waals surface area (Å²) in [5, 5.41) is 17.4. The molecule has 3 aromatic rings. The Hall–Kier alpha value is -3.32. The lowest BCUT2D eigenvalue weighted by Gasteiger charge is -2.22. The van der Waals surface area contributed by atoms with Gasteiger partial charge >= 0.3 is 0 Å². The Morgan fingerprint density at radius 2 is 1.89 bits per heavy atom. The van der Waals surface area contributed by atoms with Crippen LogP contribution in [0.2, 0.25) is 0 Å². The molecule has 1 aromatic carbocycles. The molecule has 0 saturated heterocycles. The van der Waals surface area contributed by atoms with Crippen LogP contribution in [-0.4, -0.2) is 27.3 Å². The normalized spacial score (nSPS) is 13.2. The van der Waals surface area contributed by atoms with E-state index in [9.17, 15) is 4.79 Å². The van der Waals surface area contributed by atoms with E-state index in [2.05, 4.69) is 4.98 Å². The Balaban J connectivity index is 1.95. The van der Waals surface area contributed by atoms with Crippen molar-refractivity contribution in [1.82, 2.24) is 15.4 Å². The first-order valence-electron chi connectivity index (χ1n) is 8.79. The number of rotatable bonds is 3. The molecule has 7 heteroatoms. The predicted octanol–water partition coefficient (Wildman–Crippen LogP) is 2.87. The van der Waals surface area contributed by atoms with Gasteiger partial charge in [0.2, 0.25) is 0 Å². The van der Waals surface area contributed by atoms with Gasteiger partial charge in [-0.2, -0.15) is 0 Å². The maximum absolute atomic E-state index is 11.6. The number of nitrogens with zero attached hydrogens (tertiary/aromatic N) is 2. The molecule has 136 valence electrons. The first-order valence-corrected chi connectivity index (χ1v) is 8.79. The van der Waals surface area contributed by atoms with Crippen LogP contribution in [0.3, 0.4) is 0 Å². The smallest absolute Gasteiger partial charge is 0.274 e. The third-order valence-corrected chi connectivity index (χ3v) is 5.07. The second kappa shape index (κ2) is 6.77. The average Bonchev–Trinajstić information content (AvgIpc) is 2.72. The molecular weight excluding hydrogens is 342 g/mol. The summed E-state index contributed by atoms with van der Waals surface area (Å²) in [6, 6.07) is 6.95. The predicted molar refractivity (Wildman–Crippen MR) is 103 cm³/mol. The highest BCUT2D eigenvalue weighted by Crippen LogP contribution is 2.36. The van der Waals surface area contributed by atoms with Gasteiger partial charge in [0, 0.05) is 28.3 Å². The summed E-state index contributed by atoms with van der Waals surface area (Å²) in [5.41, 5.74) is 13.8. The SMILES string of the molecule is N=Cc1c(N)cnc2nc(-c3ccc(C(=O)NO)cc3)c3c(c12)CCCC3. The zero-order chi connectivity index (χ0) is 19.0. The van der Waals surface area contributed by atoms with Crippen molar-refractivity contribution < 1.29 is 10.0 Å². The number of nitrogen functional groups attached to an aromatic ring is 1. The van der Waals surface area contributed by atoms with E-state index in [1.165, 1.54) is 6.21 Å². The fraction of sp³-hybridized carbons (Fsp3) is 0.200. The van der Waals surface area contributed by atoms with Gasteiger partial charge in [0.1, 0.15) is 0 Å². The monoisotopic (exact) mass is 361 g/mol. The fourth-order valence-electron chi connectivity index (χ4n) is 3.77. The molecule has 4 rings (SSSR count). The number of anilines is 1. The highest BCUT2D eigenvalue weighted by molar-refractivity contribution is 6.04. The molecule has 0 aliphatic heterocycles. The lowest BCUT2D eigenvalue weighted by atomic mass is 9.85. The van der Waals surface area contributed by atoms with Gasteiger partial charge in [-0.25, -0.2) is 15.4 Å². The van der Waals surface area contributed by atoms with Crippen molar-refractivity contribution in [2.75, 3.05) is 5.73 Å². The minimum Gasteiger partial charge on any atom is -0.397 e. The summed E-state index contributed by atoms with van der Waals surface area (Å²) < 4.78 is 0. The lowest BCUT2D eigenvalue weighted by Crippen LogP contribution is -2.18. The molecule has 5 N–H and O–H groups in total. The fourth-order valence-corrected chi connectivity index (χ4v) is 3.77. The molecule has 0 saturated carbocycles. The number of pyridine rings is 2. The second-order valence-corrected chi connectivity index (χ2v) is 6.61. The molecule has 0 unspecified atom stereocenters. The van der Waals surface area contributed by atoms with Crippen molar-refractivity contribution in [3.63, 3.8) is 0 Å². The molecule has 7 nitrogen and oxygen atoms in total. The number of amides is 1. The maximum atomic E-state index is 11.6. The quantitative estimate of drug-likeness (QED) is 0.324. The minimum atomic E-state index is -0.553. The van der Waals surface area contributed by atoms with Gasteiger partial charge in [0.05, 0.1) is 17.6 Å². The van der Waals surface area contributed by atoms with Gasteiger partial charge in [-0.15, -0.1) is 0 Å². The zero-order valence-corrected chi connectivity index (χ0v) is 14.6. The van der Waals surface area contributed by atoms with Gasteiger partial charge in [0.25, 0.3) is 5.91 Å². The molecule has 2 aromatic heterocycles. The summed E-state index contributed by atoms with van der Waals surface area (Å²) in [4.78, 5) is 20.7. The number of hydrogen-bond donors (Lipinski definition) is 4. The Morgan fingerprint density at radius 1 is 1.19 bits per heavy atom. The summed E-state index contributed by atoms with van der Waals surface area (Å²) >= 11 is 0. The summed E-state index contributed by atoms with van der Waals surface area (Å²) in [7, 11) is 0. The molecule has 1 aliphatic carbocycles. The van der Waals surface area contributed by atoms with Gasteiger partial charge in [-0.3, -0.25) is 10.0 Å². The molecule has 0 spiro atoms. The highest BCUT2D eigenvalue weighted by Gasteiger charge is 2.22. The van der Waals surface area contributed by atoms with Crippen molar-refractivity contribution >= 4 is 28.8 Å². The molecule has 0 bridgehead atoms. The van der Waals surface area contributed by atoms with Gasteiger partial charge in [-0.05, 0) is 48.9 Å². The first-order chi connectivity index (χ1) is 13.1. The molecule has 0 atom stereocenters. The van der Waals surface area contributed by atoms with Crippen LogP contribution in [0.15, 0.2) is 30.5 Å². The van der Waals surface area contributed by atoms with Crippen LogP contribution in [0.1, 0.15) is 39.9 Å². The number of hydrogen-bond acceptors (Lipinski definition) is 6. The van der Waals surface area contributed by atoms with E-state index < -0.39 is 5.91 Å². The minimum absolute atomic E-state index is 0.368. The van der Waals surface area contributed by atoms with E-state index in [0.717, 1.165) is 53.5 Å². The number of carbonyl (C=O) groups excluding carboxylic acids is 1. The number of benzene rings is 1. The van der Waals surface area contributed by atoms with Crippen LogP contribution in [0.25, 0.3) is 22.3 Å². The van der Waals surface area contributed by atoms with Crippen LogP contribution in [0, 0.1) is 5.41 Å². The summed E-state index contributed by atoms with van der Waals surface area (Å²) in [6.07, 6.45) is 6.78. The second-order valence-electron chi connectivity index (χ2n) is 6.61. The number of carbonyl (C=O) groups is 1. The molecule has 1 aliphatic rings. The number of aromatic nitrogens is 2. The molecular formula is C20H19N5O2. The third kappa shape index (κ3) is 2.82. The molecule has 27 heavy (non-hydrogen) atoms. The van der Waals surface area contributed by atoms with E-state index in [1.54, 1.807) is 23.8 Å². The topological polar surface area (TPSA) is 125 Å². The van der Waals surface area contributed by atoms with Crippen molar-refractivity contribution in [2.24, 2.45) is 0 Å². The van der Waals surface area contributed by atoms with E-state index >= 15 is 0 Å². The molecule has 0 fully saturated rings. The zero-order valence-electron chi connectivity index (χ0n) is 14.6. The Morgan fingerprint density at radius 3 is 2.56 bits per heavy atom. The first kappa shape index (κ1) is 17.1. The Bertz CT molecular complexity index is 1060. The van der Waals surface area contributed by atoms with Crippen molar-refractivity contribution in [3.8, 4) is 11.3 Å². The number of fused-ring (bicyclic) bond motifs is 3. The van der Waals surface area contributed by atoms with Crippen LogP contribution in [0.4, 0.5) is 5.69 Å². The average molecular weight is 361 g/mol. The third-order valence-electron chi connectivity index (χ3n) is 5.07. The largest absolute Gasteiger partial charge is 0.397 e. The van der Waals surface area contributed by atoms with Crippen molar-refractivity contribution in [3.05, 3.63) is 52.7 Å². The van der Waals surface area contributed by atoms with Crippen LogP contribution in [0.5, 0.6) is 0 Å². The molecule has 2 heterocycles. The number of aryl methyl sites for hydroxylation is 1.